The highest BCUT2D eigenvalue weighted by molar-refractivity contribution is 5.96. The highest BCUT2D eigenvalue weighted by atomic mass is 16.3. The molecule has 0 saturated heterocycles. The van der Waals surface area contributed by atoms with Gasteiger partial charge in [-0.1, -0.05) is 11.6 Å². The van der Waals surface area contributed by atoms with Crippen LogP contribution < -0.4 is 0 Å². The molecule has 94 valence electrons. The summed E-state index contributed by atoms with van der Waals surface area (Å²) < 4.78 is 0. The fourth-order valence-corrected chi connectivity index (χ4v) is 1.51. The summed E-state index contributed by atoms with van der Waals surface area (Å²) in [6, 6.07) is 4.93. The zero-order valence-electron chi connectivity index (χ0n) is 10.5. The van der Waals surface area contributed by atoms with Crippen molar-refractivity contribution in [2.24, 2.45) is 0 Å². The first-order chi connectivity index (χ1) is 7.91. The van der Waals surface area contributed by atoms with E-state index in [4.69, 9.17) is 5.11 Å². The molecule has 0 fully saturated rings. The van der Waals surface area contributed by atoms with Crippen molar-refractivity contribution < 1.29 is 15.0 Å². The Hall–Kier alpha value is -1.55. The molecule has 1 aromatic rings. The number of benzene rings is 1. The molecule has 0 radical (unpaired) electrons. The molecule has 17 heavy (non-hydrogen) atoms. The number of hydrogen-bond acceptors (Lipinski definition) is 3. The number of aliphatic hydroxyl groups is 1. The number of nitrogens with zero attached hydrogens (tertiary/aromatic N) is 1. The second-order valence-electron chi connectivity index (χ2n) is 4.39. The van der Waals surface area contributed by atoms with Crippen LogP contribution in [0.25, 0.3) is 0 Å². The van der Waals surface area contributed by atoms with Gasteiger partial charge in [0.25, 0.3) is 5.91 Å². The van der Waals surface area contributed by atoms with Crippen LogP contribution in [-0.2, 0) is 0 Å². The smallest absolute Gasteiger partial charge is 0.257 e. The van der Waals surface area contributed by atoms with E-state index in [9.17, 15) is 9.90 Å². The first-order valence-corrected chi connectivity index (χ1v) is 5.65. The van der Waals surface area contributed by atoms with E-state index in [-0.39, 0.29) is 11.7 Å². The molecule has 0 aliphatic heterocycles. The van der Waals surface area contributed by atoms with E-state index >= 15 is 0 Å². The van der Waals surface area contributed by atoms with E-state index in [1.165, 1.54) is 11.0 Å². The number of amides is 1. The quantitative estimate of drug-likeness (QED) is 0.835. The van der Waals surface area contributed by atoms with Crippen molar-refractivity contribution in [1.29, 1.82) is 0 Å². The normalized spacial score (nSPS) is 12.2. The van der Waals surface area contributed by atoms with Gasteiger partial charge in [-0.05, 0) is 32.4 Å². The average molecular weight is 237 g/mol. The monoisotopic (exact) mass is 237 g/mol. The number of hydrogen-bond donors (Lipinski definition) is 2. The highest BCUT2D eigenvalue weighted by Crippen LogP contribution is 2.19. The Morgan fingerprint density at radius 1 is 1.47 bits per heavy atom. The number of aliphatic hydroxyl groups excluding tert-OH is 1. The lowest BCUT2D eigenvalue weighted by atomic mass is 10.1. The Labute approximate surface area is 101 Å². The molecule has 4 nitrogen and oxygen atoms in total. The van der Waals surface area contributed by atoms with E-state index in [2.05, 4.69) is 0 Å². The number of carbonyl (C=O) groups is 1. The molecular weight excluding hydrogens is 218 g/mol. The summed E-state index contributed by atoms with van der Waals surface area (Å²) in [5, 5.41) is 18.8. The minimum Gasteiger partial charge on any atom is -0.507 e. The third-order valence-corrected chi connectivity index (χ3v) is 2.61. The molecule has 2 N–H and O–H groups in total. The van der Waals surface area contributed by atoms with Crippen LogP contribution in [0.2, 0.25) is 0 Å². The summed E-state index contributed by atoms with van der Waals surface area (Å²) in [4.78, 5) is 13.5. The van der Waals surface area contributed by atoms with E-state index in [1.807, 2.05) is 6.92 Å². The van der Waals surface area contributed by atoms with Crippen LogP contribution in [0.4, 0.5) is 0 Å². The van der Waals surface area contributed by atoms with Crippen LogP contribution >= 0.6 is 0 Å². The third kappa shape index (κ3) is 3.75. The Balaban J connectivity index is 2.78. The maximum atomic E-state index is 12.0. The number of aromatic hydroxyl groups is 1. The van der Waals surface area contributed by atoms with Gasteiger partial charge in [-0.25, -0.2) is 0 Å². The molecular formula is C13H19NO3. The van der Waals surface area contributed by atoms with Crippen molar-refractivity contribution in [2.45, 2.75) is 26.4 Å². The van der Waals surface area contributed by atoms with Gasteiger partial charge >= 0.3 is 0 Å². The molecule has 0 saturated carbocycles. The Morgan fingerprint density at radius 2 is 2.12 bits per heavy atom. The standard InChI is InChI=1S/C13H19NO3/c1-9-4-5-12(16)11(8-9)13(17)14(3)7-6-10(2)15/h4-5,8,10,15-16H,6-7H2,1-3H3. The van der Waals surface area contributed by atoms with Crippen LogP contribution in [-0.4, -0.2) is 40.7 Å². The number of phenolic OH excluding ortho intramolecular Hbond substituents is 1. The van der Waals surface area contributed by atoms with Crippen molar-refractivity contribution in [3.05, 3.63) is 29.3 Å². The van der Waals surface area contributed by atoms with Gasteiger partial charge in [0.2, 0.25) is 0 Å². The van der Waals surface area contributed by atoms with Crippen molar-refractivity contribution >= 4 is 5.91 Å². The van der Waals surface area contributed by atoms with Crippen LogP contribution in [0, 0.1) is 6.92 Å². The summed E-state index contributed by atoms with van der Waals surface area (Å²) in [5.41, 5.74) is 1.23. The zero-order chi connectivity index (χ0) is 13.0. The van der Waals surface area contributed by atoms with Gasteiger partial charge in [0.05, 0.1) is 11.7 Å². The fraction of sp³-hybridized carbons (Fsp3) is 0.462. The number of carbonyl (C=O) groups excluding carboxylic acids is 1. The van der Waals surface area contributed by atoms with Crippen molar-refractivity contribution in [3.8, 4) is 5.75 Å². The third-order valence-electron chi connectivity index (χ3n) is 2.61. The summed E-state index contributed by atoms with van der Waals surface area (Å²) in [6.45, 7) is 4.01. The van der Waals surface area contributed by atoms with Gasteiger partial charge < -0.3 is 15.1 Å². The molecule has 1 rings (SSSR count). The van der Waals surface area contributed by atoms with Gasteiger partial charge in [-0.15, -0.1) is 0 Å². The molecule has 0 aliphatic rings. The lowest BCUT2D eigenvalue weighted by molar-refractivity contribution is 0.0766. The average Bonchev–Trinajstić information content (AvgIpc) is 2.28. The van der Waals surface area contributed by atoms with Gasteiger partial charge in [0.15, 0.2) is 0 Å². The topological polar surface area (TPSA) is 60.8 Å². The number of phenols is 1. The number of rotatable bonds is 4. The Morgan fingerprint density at radius 3 is 2.71 bits per heavy atom. The van der Waals surface area contributed by atoms with E-state index < -0.39 is 6.10 Å². The molecule has 0 aromatic heterocycles. The fourth-order valence-electron chi connectivity index (χ4n) is 1.51. The lowest BCUT2D eigenvalue weighted by Gasteiger charge is -2.18. The first-order valence-electron chi connectivity index (χ1n) is 5.65. The van der Waals surface area contributed by atoms with Crippen molar-refractivity contribution in [3.63, 3.8) is 0 Å². The van der Waals surface area contributed by atoms with Crippen LogP contribution in [0.15, 0.2) is 18.2 Å². The van der Waals surface area contributed by atoms with Gasteiger partial charge in [-0.3, -0.25) is 4.79 Å². The minimum absolute atomic E-state index is 0.00973. The van der Waals surface area contributed by atoms with Crippen LogP contribution in [0.1, 0.15) is 29.3 Å². The minimum atomic E-state index is -0.434. The maximum absolute atomic E-state index is 12.0. The molecule has 0 heterocycles. The lowest BCUT2D eigenvalue weighted by Crippen LogP contribution is -2.29. The molecule has 1 unspecified atom stereocenters. The summed E-state index contributed by atoms with van der Waals surface area (Å²) >= 11 is 0. The second-order valence-corrected chi connectivity index (χ2v) is 4.39. The van der Waals surface area contributed by atoms with E-state index in [0.29, 0.717) is 18.5 Å². The predicted octanol–water partition coefficient (Wildman–Crippen LogP) is 1.54. The van der Waals surface area contributed by atoms with Crippen LogP contribution in [0.5, 0.6) is 5.75 Å². The van der Waals surface area contributed by atoms with Crippen molar-refractivity contribution in [1.82, 2.24) is 4.90 Å². The van der Waals surface area contributed by atoms with Crippen molar-refractivity contribution in [2.75, 3.05) is 13.6 Å². The molecule has 0 aliphatic carbocycles. The van der Waals surface area contributed by atoms with Crippen LogP contribution in [0.3, 0.4) is 0 Å². The molecule has 0 bridgehead atoms. The SMILES string of the molecule is Cc1ccc(O)c(C(=O)N(C)CCC(C)O)c1. The first kappa shape index (κ1) is 13.5. The Bertz CT molecular complexity index is 402. The molecule has 1 amide bonds. The van der Waals surface area contributed by atoms with E-state index in [0.717, 1.165) is 5.56 Å². The Kier molecular flexibility index (Phi) is 4.52. The number of aryl methyl sites for hydroxylation is 1. The van der Waals surface area contributed by atoms with E-state index in [1.54, 1.807) is 26.1 Å². The van der Waals surface area contributed by atoms with Gasteiger partial charge in [-0.2, -0.15) is 0 Å². The summed E-state index contributed by atoms with van der Waals surface area (Å²) in [7, 11) is 1.66. The summed E-state index contributed by atoms with van der Waals surface area (Å²) in [5.74, 6) is -0.239. The summed E-state index contributed by atoms with van der Waals surface area (Å²) in [6.07, 6.45) is 0.0887. The second kappa shape index (κ2) is 5.68. The van der Waals surface area contributed by atoms with Gasteiger partial charge in [0.1, 0.15) is 5.75 Å². The maximum Gasteiger partial charge on any atom is 0.257 e. The molecule has 1 aromatic carbocycles. The molecule has 4 heteroatoms. The zero-order valence-corrected chi connectivity index (χ0v) is 10.5. The van der Waals surface area contributed by atoms with Gasteiger partial charge in [0, 0.05) is 13.6 Å². The predicted molar refractivity (Wildman–Crippen MR) is 66.1 cm³/mol. The highest BCUT2D eigenvalue weighted by Gasteiger charge is 2.16. The molecule has 1 atom stereocenters. The largest absolute Gasteiger partial charge is 0.507 e. The molecule has 0 spiro atoms.